The van der Waals surface area contributed by atoms with Crippen molar-refractivity contribution in [1.82, 2.24) is 5.32 Å². The van der Waals surface area contributed by atoms with E-state index in [2.05, 4.69) is 12.2 Å². The van der Waals surface area contributed by atoms with Crippen molar-refractivity contribution in [2.24, 2.45) is 0 Å². The van der Waals surface area contributed by atoms with Gasteiger partial charge in [0.05, 0.1) is 12.6 Å². The highest BCUT2D eigenvalue weighted by atomic mass is 16.7. The number of hydrogen-bond acceptors (Lipinski definition) is 4. The maximum absolute atomic E-state index is 11.5. The van der Waals surface area contributed by atoms with E-state index < -0.39 is 11.3 Å². The van der Waals surface area contributed by atoms with Crippen LogP contribution in [0.3, 0.4) is 0 Å². The molecule has 0 aromatic carbocycles. The van der Waals surface area contributed by atoms with Crippen molar-refractivity contribution in [3.05, 3.63) is 24.0 Å². The first-order chi connectivity index (χ1) is 9.47. The average Bonchev–Trinajstić information content (AvgIpc) is 2.45. The van der Waals surface area contributed by atoms with Crippen molar-refractivity contribution in [1.29, 1.82) is 0 Å². The second-order valence-corrected chi connectivity index (χ2v) is 4.95. The van der Waals surface area contributed by atoms with Gasteiger partial charge in [0.1, 0.15) is 0 Å². The van der Waals surface area contributed by atoms with Gasteiger partial charge in [-0.25, -0.2) is 0 Å². The maximum atomic E-state index is 11.5. The van der Waals surface area contributed by atoms with E-state index in [4.69, 9.17) is 14.2 Å². The average molecular weight is 283 g/mol. The van der Waals surface area contributed by atoms with Crippen molar-refractivity contribution in [3.8, 4) is 0 Å². The summed E-state index contributed by atoms with van der Waals surface area (Å²) in [6.45, 7) is 3.62. The molecule has 0 bridgehead atoms. The molecule has 0 saturated carbocycles. The summed E-state index contributed by atoms with van der Waals surface area (Å²) in [6, 6.07) is 0. The Morgan fingerprint density at radius 3 is 2.35 bits per heavy atom. The molecule has 0 heterocycles. The van der Waals surface area contributed by atoms with Gasteiger partial charge in [-0.2, -0.15) is 0 Å². The van der Waals surface area contributed by atoms with Crippen molar-refractivity contribution in [2.45, 2.75) is 44.4 Å². The lowest BCUT2D eigenvalue weighted by molar-refractivity contribution is -0.167. The fraction of sp³-hybridized carbons (Fsp3) is 0.667. The first kappa shape index (κ1) is 16.7. The predicted octanol–water partition coefficient (Wildman–Crippen LogP) is 2.14. The standard InChI is InChI=1S/C15H25NO4/c1-6-7-8-14(16-12(2)17)9-10-15(19-4,20-5)13(11-14)18-3/h9-11H,6-8H2,1-5H3,(H,16,17). The lowest BCUT2D eigenvalue weighted by atomic mass is 9.85. The summed E-state index contributed by atoms with van der Waals surface area (Å²) in [6.07, 6.45) is 8.42. The number of carbonyl (C=O) groups is 1. The smallest absolute Gasteiger partial charge is 0.247 e. The monoisotopic (exact) mass is 283 g/mol. The number of unbranched alkanes of at least 4 members (excludes halogenated alkanes) is 1. The number of hydrogen-bond donors (Lipinski definition) is 1. The molecule has 5 nitrogen and oxygen atoms in total. The summed E-state index contributed by atoms with van der Waals surface area (Å²) in [4.78, 5) is 11.5. The summed E-state index contributed by atoms with van der Waals surface area (Å²) >= 11 is 0. The highest BCUT2D eigenvalue weighted by Crippen LogP contribution is 2.34. The van der Waals surface area contributed by atoms with E-state index in [0.717, 1.165) is 19.3 Å². The molecule has 1 amide bonds. The molecule has 0 saturated heterocycles. The van der Waals surface area contributed by atoms with E-state index in [9.17, 15) is 4.79 Å². The molecule has 1 atom stereocenters. The highest BCUT2D eigenvalue weighted by Gasteiger charge is 2.41. The van der Waals surface area contributed by atoms with Gasteiger partial charge in [-0.3, -0.25) is 4.79 Å². The number of ether oxygens (including phenoxy) is 3. The SMILES string of the molecule is CCCCC1(NC(C)=O)C=CC(OC)(OC)C(OC)=C1. The van der Waals surface area contributed by atoms with Gasteiger partial charge < -0.3 is 19.5 Å². The van der Waals surface area contributed by atoms with Crippen LogP contribution in [0.2, 0.25) is 0 Å². The third-order valence-corrected chi connectivity index (χ3v) is 3.51. The van der Waals surface area contributed by atoms with Crippen molar-refractivity contribution in [2.75, 3.05) is 21.3 Å². The first-order valence-electron chi connectivity index (χ1n) is 6.84. The zero-order valence-electron chi connectivity index (χ0n) is 13.0. The van der Waals surface area contributed by atoms with Crippen LogP contribution in [0, 0.1) is 0 Å². The van der Waals surface area contributed by atoms with Gasteiger partial charge in [-0.05, 0) is 18.6 Å². The van der Waals surface area contributed by atoms with Crippen molar-refractivity contribution >= 4 is 5.91 Å². The van der Waals surface area contributed by atoms with Gasteiger partial charge in [0, 0.05) is 21.1 Å². The quantitative estimate of drug-likeness (QED) is 0.574. The highest BCUT2D eigenvalue weighted by molar-refractivity contribution is 5.75. The largest absolute Gasteiger partial charge is 0.495 e. The molecule has 1 unspecified atom stereocenters. The third kappa shape index (κ3) is 3.41. The van der Waals surface area contributed by atoms with E-state index in [1.54, 1.807) is 27.4 Å². The Labute approximate surface area is 121 Å². The molecule has 0 radical (unpaired) electrons. The summed E-state index contributed by atoms with van der Waals surface area (Å²) in [7, 11) is 4.67. The minimum atomic E-state index is -1.02. The molecule has 1 aliphatic rings. The molecule has 20 heavy (non-hydrogen) atoms. The van der Waals surface area contributed by atoms with Crippen molar-refractivity contribution < 1.29 is 19.0 Å². The molecule has 0 fully saturated rings. The summed E-state index contributed by atoms with van der Waals surface area (Å²) in [5.41, 5.74) is -0.548. The van der Waals surface area contributed by atoms with Crippen LogP contribution in [0.15, 0.2) is 24.0 Å². The Kier molecular flexibility index (Phi) is 5.77. The topological polar surface area (TPSA) is 56.8 Å². The maximum Gasteiger partial charge on any atom is 0.247 e. The second kappa shape index (κ2) is 6.90. The molecule has 1 aliphatic carbocycles. The number of rotatable bonds is 7. The van der Waals surface area contributed by atoms with Crippen LogP contribution >= 0.6 is 0 Å². The Morgan fingerprint density at radius 1 is 1.25 bits per heavy atom. The van der Waals surface area contributed by atoms with E-state index in [1.165, 1.54) is 6.92 Å². The summed E-state index contributed by atoms with van der Waals surface area (Å²) in [5.74, 6) is -0.571. The zero-order chi connectivity index (χ0) is 15.2. The number of amides is 1. The van der Waals surface area contributed by atoms with Crippen LogP contribution in [0.25, 0.3) is 0 Å². The minimum absolute atomic E-state index is 0.0835. The van der Waals surface area contributed by atoms with E-state index in [-0.39, 0.29) is 5.91 Å². The molecule has 1 rings (SSSR count). The summed E-state index contributed by atoms with van der Waals surface area (Å²) < 4.78 is 16.3. The van der Waals surface area contributed by atoms with E-state index >= 15 is 0 Å². The second-order valence-electron chi connectivity index (χ2n) is 4.95. The third-order valence-electron chi connectivity index (χ3n) is 3.51. The van der Waals surface area contributed by atoms with Gasteiger partial charge >= 0.3 is 0 Å². The Hall–Kier alpha value is -1.33. The Bertz CT molecular complexity index is 399. The Morgan fingerprint density at radius 2 is 1.90 bits per heavy atom. The molecule has 0 aromatic rings. The summed E-state index contributed by atoms with van der Waals surface area (Å²) in [5, 5.41) is 2.99. The fourth-order valence-electron chi connectivity index (χ4n) is 2.44. The van der Waals surface area contributed by atoms with Gasteiger partial charge in [0.2, 0.25) is 11.7 Å². The van der Waals surface area contributed by atoms with Crippen molar-refractivity contribution in [3.63, 3.8) is 0 Å². The van der Waals surface area contributed by atoms with Gasteiger partial charge in [0.15, 0.2) is 5.76 Å². The minimum Gasteiger partial charge on any atom is -0.495 e. The Balaban J connectivity index is 3.15. The number of carbonyl (C=O) groups excluding carboxylic acids is 1. The predicted molar refractivity (Wildman–Crippen MR) is 77.1 cm³/mol. The van der Waals surface area contributed by atoms with Gasteiger partial charge in [-0.1, -0.05) is 25.8 Å². The molecule has 5 heteroatoms. The van der Waals surface area contributed by atoms with Crippen LogP contribution in [-0.2, 0) is 19.0 Å². The van der Waals surface area contributed by atoms with E-state index in [1.807, 2.05) is 12.2 Å². The molecule has 1 N–H and O–H groups in total. The molecular weight excluding hydrogens is 258 g/mol. The molecule has 0 spiro atoms. The van der Waals surface area contributed by atoms with Crippen LogP contribution in [0.1, 0.15) is 33.1 Å². The number of methoxy groups -OCH3 is 3. The zero-order valence-corrected chi connectivity index (χ0v) is 13.0. The molecule has 114 valence electrons. The molecular formula is C15H25NO4. The number of nitrogens with one attached hydrogen (secondary N) is 1. The van der Waals surface area contributed by atoms with Crippen LogP contribution in [-0.4, -0.2) is 38.6 Å². The van der Waals surface area contributed by atoms with E-state index in [0.29, 0.717) is 5.76 Å². The van der Waals surface area contributed by atoms with Crippen LogP contribution in [0.4, 0.5) is 0 Å². The molecule has 0 aliphatic heterocycles. The van der Waals surface area contributed by atoms with Gasteiger partial charge in [0.25, 0.3) is 0 Å². The van der Waals surface area contributed by atoms with Gasteiger partial charge in [-0.15, -0.1) is 0 Å². The van der Waals surface area contributed by atoms with Crippen LogP contribution in [0.5, 0.6) is 0 Å². The normalized spacial score (nSPS) is 24.1. The first-order valence-corrected chi connectivity index (χ1v) is 6.84. The fourth-order valence-corrected chi connectivity index (χ4v) is 2.44. The van der Waals surface area contributed by atoms with Crippen LogP contribution < -0.4 is 5.32 Å². The lowest BCUT2D eigenvalue weighted by Gasteiger charge is -2.38. The lowest BCUT2D eigenvalue weighted by Crippen LogP contribution is -2.49. The molecule has 0 aromatic heterocycles.